The van der Waals surface area contributed by atoms with Crippen molar-refractivity contribution in [2.75, 3.05) is 20.3 Å². The number of methoxy groups -OCH3 is 1. The van der Waals surface area contributed by atoms with E-state index in [2.05, 4.69) is 11.4 Å². The molecule has 1 fully saturated rings. The zero-order valence-electron chi connectivity index (χ0n) is 13.2. The molecule has 0 aromatic heterocycles. The van der Waals surface area contributed by atoms with Crippen LogP contribution in [0.4, 0.5) is 4.79 Å². The van der Waals surface area contributed by atoms with E-state index in [-0.39, 0.29) is 6.09 Å². The summed E-state index contributed by atoms with van der Waals surface area (Å²) in [5.41, 5.74) is 0. The standard InChI is InChI=1S/C17H29NO3/c1-20-16-9-7-15(8-10-16)13-21-17(19)18-12-11-14-5-3-2-4-6-14/h9,14-15H,2-8,10-13H2,1H3,(H,18,19)/t15-/m1/s1. The second-order valence-corrected chi connectivity index (χ2v) is 6.33. The highest BCUT2D eigenvalue weighted by Gasteiger charge is 2.17. The Morgan fingerprint density at radius 1 is 1.24 bits per heavy atom. The Morgan fingerprint density at radius 3 is 2.71 bits per heavy atom. The zero-order chi connectivity index (χ0) is 14.9. The molecule has 2 rings (SSSR count). The summed E-state index contributed by atoms with van der Waals surface area (Å²) in [6.07, 6.45) is 12.6. The Hall–Kier alpha value is -1.19. The van der Waals surface area contributed by atoms with Gasteiger partial charge in [0, 0.05) is 13.0 Å². The van der Waals surface area contributed by atoms with Crippen LogP contribution in [-0.4, -0.2) is 26.4 Å². The number of rotatable bonds is 6. The first-order valence-corrected chi connectivity index (χ1v) is 8.41. The molecular weight excluding hydrogens is 266 g/mol. The van der Waals surface area contributed by atoms with E-state index in [9.17, 15) is 4.79 Å². The fraction of sp³-hybridized carbons (Fsp3) is 0.824. The molecule has 0 unspecified atom stereocenters. The first kappa shape index (κ1) is 16.2. The van der Waals surface area contributed by atoms with Gasteiger partial charge in [-0.15, -0.1) is 0 Å². The van der Waals surface area contributed by atoms with Gasteiger partial charge >= 0.3 is 6.09 Å². The lowest BCUT2D eigenvalue weighted by atomic mass is 9.87. The van der Waals surface area contributed by atoms with Gasteiger partial charge in [0.05, 0.1) is 19.5 Å². The molecule has 4 heteroatoms. The van der Waals surface area contributed by atoms with Gasteiger partial charge in [-0.2, -0.15) is 0 Å². The van der Waals surface area contributed by atoms with Gasteiger partial charge in [0.25, 0.3) is 0 Å². The van der Waals surface area contributed by atoms with E-state index in [1.165, 1.54) is 32.1 Å². The van der Waals surface area contributed by atoms with Crippen molar-refractivity contribution in [2.45, 2.75) is 57.8 Å². The van der Waals surface area contributed by atoms with Gasteiger partial charge in [0.2, 0.25) is 0 Å². The Kier molecular flexibility index (Phi) is 6.90. The molecule has 0 radical (unpaired) electrons. The third kappa shape index (κ3) is 5.98. The first-order valence-electron chi connectivity index (χ1n) is 8.41. The zero-order valence-corrected chi connectivity index (χ0v) is 13.2. The summed E-state index contributed by atoms with van der Waals surface area (Å²) in [4.78, 5) is 11.7. The number of allylic oxidation sites excluding steroid dienone is 2. The second kappa shape index (κ2) is 8.96. The van der Waals surface area contributed by atoms with Crippen molar-refractivity contribution in [3.63, 3.8) is 0 Å². The van der Waals surface area contributed by atoms with Crippen molar-refractivity contribution in [1.82, 2.24) is 5.32 Å². The normalized spacial score (nSPS) is 23.3. The average Bonchev–Trinajstić information content (AvgIpc) is 2.54. The predicted molar refractivity (Wildman–Crippen MR) is 83.0 cm³/mol. The first-order chi connectivity index (χ1) is 10.3. The number of hydrogen-bond donors (Lipinski definition) is 1. The predicted octanol–water partition coefficient (Wildman–Crippen LogP) is 4.01. The van der Waals surface area contributed by atoms with Crippen LogP contribution < -0.4 is 5.32 Å². The van der Waals surface area contributed by atoms with Crippen molar-refractivity contribution >= 4 is 6.09 Å². The van der Waals surface area contributed by atoms with Crippen LogP contribution in [0, 0.1) is 11.8 Å². The summed E-state index contributed by atoms with van der Waals surface area (Å²) >= 11 is 0. The van der Waals surface area contributed by atoms with Crippen LogP contribution in [0.15, 0.2) is 11.8 Å². The van der Waals surface area contributed by atoms with E-state index >= 15 is 0 Å². The molecule has 0 saturated heterocycles. The van der Waals surface area contributed by atoms with E-state index in [1.807, 2.05) is 0 Å². The number of hydrogen-bond acceptors (Lipinski definition) is 3. The highest BCUT2D eigenvalue weighted by atomic mass is 16.5. The van der Waals surface area contributed by atoms with Gasteiger partial charge in [-0.25, -0.2) is 4.79 Å². The van der Waals surface area contributed by atoms with Crippen LogP contribution in [0.5, 0.6) is 0 Å². The van der Waals surface area contributed by atoms with Gasteiger partial charge in [0.1, 0.15) is 0 Å². The highest BCUT2D eigenvalue weighted by molar-refractivity contribution is 5.67. The Balaban J connectivity index is 1.52. The third-order valence-electron chi connectivity index (χ3n) is 4.74. The highest BCUT2D eigenvalue weighted by Crippen LogP contribution is 2.26. The molecule has 1 amide bonds. The number of carbonyl (C=O) groups is 1. The molecule has 21 heavy (non-hydrogen) atoms. The fourth-order valence-electron chi connectivity index (χ4n) is 3.30. The average molecular weight is 295 g/mol. The van der Waals surface area contributed by atoms with Crippen molar-refractivity contribution in [2.24, 2.45) is 11.8 Å². The van der Waals surface area contributed by atoms with Gasteiger partial charge in [0.15, 0.2) is 0 Å². The van der Waals surface area contributed by atoms with Gasteiger partial charge in [-0.1, -0.05) is 32.1 Å². The fourth-order valence-corrected chi connectivity index (χ4v) is 3.30. The Morgan fingerprint density at radius 2 is 2.05 bits per heavy atom. The maximum atomic E-state index is 11.7. The summed E-state index contributed by atoms with van der Waals surface area (Å²) in [5, 5.41) is 2.89. The minimum Gasteiger partial charge on any atom is -0.501 e. The molecule has 4 nitrogen and oxygen atoms in total. The quantitative estimate of drug-likeness (QED) is 0.805. The number of ether oxygens (including phenoxy) is 2. The van der Waals surface area contributed by atoms with E-state index in [4.69, 9.17) is 9.47 Å². The molecule has 1 saturated carbocycles. The molecular formula is C17H29NO3. The second-order valence-electron chi connectivity index (χ2n) is 6.33. The molecule has 0 spiro atoms. The van der Waals surface area contributed by atoms with Crippen LogP contribution in [0.25, 0.3) is 0 Å². The largest absolute Gasteiger partial charge is 0.501 e. The Bertz CT molecular complexity index is 348. The summed E-state index contributed by atoms with van der Waals surface area (Å²) in [6, 6.07) is 0. The van der Waals surface area contributed by atoms with Crippen LogP contribution in [0.3, 0.4) is 0 Å². The molecule has 120 valence electrons. The van der Waals surface area contributed by atoms with Crippen LogP contribution in [0.2, 0.25) is 0 Å². The lowest BCUT2D eigenvalue weighted by Crippen LogP contribution is -2.29. The molecule has 0 aliphatic heterocycles. The molecule has 2 aliphatic rings. The molecule has 2 aliphatic carbocycles. The van der Waals surface area contributed by atoms with E-state index in [0.29, 0.717) is 12.5 Å². The summed E-state index contributed by atoms with van der Waals surface area (Å²) in [7, 11) is 1.71. The maximum Gasteiger partial charge on any atom is 0.407 e. The van der Waals surface area contributed by atoms with Crippen LogP contribution in [-0.2, 0) is 9.47 Å². The van der Waals surface area contributed by atoms with E-state index in [1.54, 1.807) is 7.11 Å². The maximum absolute atomic E-state index is 11.7. The van der Waals surface area contributed by atoms with Crippen molar-refractivity contribution < 1.29 is 14.3 Å². The van der Waals surface area contributed by atoms with Crippen molar-refractivity contribution in [3.8, 4) is 0 Å². The lowest BCUT2D eigenvalue weighted by molar-refractivity contribution is 0.120. The molecule has 0 bridgehead atoms. The number of amides is 1. The smallest absolute Gasteiger partial charge is 0.407 e. The molecule has 0 heterocycles. The van der Waals surface area contributed by atoms with Crippen molar-refractivity contribution in [1.29, 1.82) is 0 Å². The SMILES string of the molecule is COC1=CC[C@@H](COC(=O)NCCC2CCCCC2)CC1. The van der Waals surface area contributed by atoms with E-state index < -0.39 is 0 Å². The molecule has 0 aromatic carbocycles. The molecule has 1 N–H and O–H groups in total. The third-order valence-corrected chi connectivity index (χ3v) is 4.74. The number of carbonyl (C=O) groups excluding carboxylic acids is 1. The molecule has 1 atom stereocenters. The van der Waals surface area contributed by atoms with Crippen LogP contribution >= 0.6 is 0 Å². The van der Waals surface area contributed by atoms with E-state index in [0.717, 1.165) is 43.9 Å². The van der Waals surface area contributed by atoms with Gasteiger partial charge in [-0.3, -0.25) is 0 Å². The van der Waals surface area contributed by atoms with Crippen molar-refractivity contribution in [3.05, 3.63) is 11.8 Å². The number of nitrogens with one attached hydrogen (secondary N) is 1. The Labute approximate surface area is 128 Å². The minimum atomic E-state index is -0.257. The van der Waals surface area contributed by atoms with Crippen LogP contribution in [0.1, 0.15) is 57.8 Å². The van der Waals surface area contributed by atoms with Gasteiger partial charge in [-0.05, 0) is 37.2 Å². The number of alkyl carbamates (subject to hydrolysis) is 1. The monoisotopic (exact) mass is 295 g/mol. The van der Waals surface area contributed by atoms with Gasteiger partial charge < -0.3 is 14.8 Å². The summed E-state index contributed by atoms with van der Waals surface area (Å²) < 4.78 is 10.5. The minimum absolute atomic E-state index is 0.257. The lowest BCUT2D eigenvalue weighted by Gasteiger charge is -2.22. The molecule has 0 aromatic rings. The summed E-state index contributed by atoms with van der Waals surface area (Å²) in [6.45, 7) is 1.27. The summed E-state index contributed by atoms with van der Waals surface area (Å²) in [5.74, 6) is 2.30. The topological polar surface area (TPSA) is 47.6 Å².